The van der Waals surface area contributed by atoms with E-state index in [0.29, 0.717) is 24.0 Å². The molecule has 20 heavy (non-hydrogen) atoms. The van der Waals surface area contributed by atoms with Crippen molar-refractivity contribution in [1.82, 2.24) is 4.98 Å². The molecule has 0 aliphatic heterocycles. The van der Waals surface area contributed by atoms with Crippen molar-refractivity contribution in [3.8, 4) is 11.5 Å². The molecular weight excluding hydrogens is 276 g/mol. The number of halogens is 1. The van der Waals surface area contributed by atoms with Crippen molar-refractivity contribution in [2.75, 3.05) is 19.0 Å². The van der Waals surface area contributed by atoms with Crippen molar-refractivity contribution in [1.29, 1.82) is 0 Å². The molecule has 0 amide bonds. The molecule has 0 aliphatic rings. The molecule has 2 aromatic rings. The molecule has 0 fully saturated rings. The molecule has 1 N–H and O–H groups in total. The summed E-state index contributed by atoms with van der Waals surface area (Å²) in [6.45, 7) is 3.05. The Balaban J connectivity index is 2.17. The standard InChI is InChI=1S/C15H17ClN2O2/c1-3-20-14-8-5-9-17-15(14)18-10-11-12(16)6-4-7-13(11)19-2/h4-9H,3,10H2,1-2H3,(H,17,18). The van der Waals surface area contributed by atoms with Gasteiger partial charge >= 0.3 is 0 Å². The van der Waals surface area contributed by atoms with Crippen molar-refractivity contribution in [2.24, 2.45) is 0 Å². The zero-order chi connectivity index (χ0) is 14.4. The monoisotopic (exact) mass is 292 g/mol. The Hall–Kier alpha value is -1.94. The predicted molar refractivity (Wildman–Crippen MR) is 80.7 cm³/mol. The molecule has 4 nitrogen and oxygen atoms in total. The second-order valence-electron chi connectivity index (χ2n) is 4.06. The minimum absolute atomic E-state index is 0.514. The Labute approximate surface area is 123 Å². The number of benzene rings is 1. The SMILES string of the molecule is CCOc1cccnc1NCc1c(Cl)cccc1OC. The van der Waals surface area contributed by atoms with E-state index >= 15 is 0 Å². The Kier molecular flexibility index (Phi) is 5.07. The van der Waals surface area contributed by atoms with E-state index in [0.717, 1.165) is 17.1 Å². The van der Waals surface area contributed by atoms with E-state index < -0.39 is 0 Å². The van der Waals surface area contributed by atoms with Gasteiger partial charge in [-0.2, -0.15) is 0 Å². The molecule has 0 aliphatic carbocycles. The topological polar surface area (TPSA) is 43.4 Å². The third-order valence-corrected chi connectivity index (χ3v) is 3.15. The lowest BCUT2D eigenvalue weighted by Crippen LogP contribution is -2.06. The van der Waals surface area contributed by atoms with Gasteiger partial charge in [0.1, 0.15) is 5.75 Å². The minimum Gasteiger partial charge on any atom is -0.496 e. The number of hydrogen-bond acceptors (Lipinski definition) is 4. The molecule has 106 valence electrons. The number of anilines is 1. The summed E-state index contributed by atoms with van der Waals surface area (Å²) in [5, 5.41) is 3.89. The smallest absolute Gasteiger partial charge is 0.169 e. The lowest BCUT2D eigenvalue weighted by molar-refractivity contribution is 0.340. The van der Waals surface area contributed by atoms with Gasteiger partial charge in [0.15, 0.2) is 11.6 Å². The zero-order valence-electron chi connectivity index (χ0n) is 11.5. The van der Waals surface area contributed by atoms with Gasteiger partial charge in [-0.05, 0) is 31.2 Å². The van der Waals surface area contributed by atoms with Crippen LogP contribution in [0.2, 0.25) is 5.02 Å². The average Bonchev–Trinajstić information content (AvgIpc) is 2.47. The van der Waals surface area contributed by atoms with Crippen LogP contribution in [0.25, 0.3) is 0 Å². The highest BCUT2D eigenvalue weighted by molar-refractivity contribution is 6.31. The number of hydrogen-bond donors (Lipinski definition) is 1. The number of nitrogens with zero attached hydrogens (tertiary/aromatic N) is 1. The van der Waals surface area contributed by atoms with Crippen molar-refractivity contribution in [3.05, 3.63) is 47.1 Å². The van der Waals surface area contributed by atoms with Crippen LogP contribution in [-0.2, 0) is 6.54 Å². The first-order valence-corrected chi connectivity index (χ1v) is 6.77. The quantitative estimate of drug-likeness (QED) is 0.880. The molecule has 0 saturated carbocycles. The molecule has 2 rings (SSSR count). The first kappa shape index (κ1) is 14.5. The van der Waals surface area contributed by atoms with Crippen molar-refractivity contribution in [2.45, 2.75) is 13.5 Å². The molecule has 0 spiro atoms. The van der Waals surface area contributed by atoms with Crippen LogP contribution in [0.1, 0.15) is 12.5 Å². The Morgan fingerprint density at radius 1 is 1.20 bits per heavy atom. The molecule has 0 saturated heterocycles. The Morgan fingerprint density at radius 2 is 2.00 bits per heavy atom. The van der Waals surface area contributed by atoms with Gasteiger partial charge in [-0.3, -0.25) is 0 Å². The summed E-state index contributed by atoms with van der Waals surface area (Å²) >= 11 is 6.20. The van der Waals surface area contributed by atoms with E-state index in [1.54, 1.807) is 13.3 Å². The van der Waals surface area contributed by atoms with E-state index in [9.17, 15) is 0 Å². The molecule has 1 aromatic heterocycles. The van der Waals surface area contributed by atoms with Crippen molar-refractivity contribution >= 4 is 17.4 Å². The maximum absolute atomic E-state index is 6.20. The Bertz CT molecular complexity index is 576. The predicted octanol–water partition coefficient (Wildman–Crippen LogP) is 3.75. The molecule has 5 heteroatoms. The van der Waals surface area contributed by atoms with Gasteiger partial charge in [0, 0.05) is 23.3 Å². The second kappa shape index (κ2) is 7.01. The van der Waals surface area contributed by atoms with Crippen LogP contribution in [0.3, 0.4) is 0 Å². The number of methoxy groups -OCH3 is 1. The van der Waals surface area contributed by atoms with E-state index in [1.807, 2.05) is 37.3 Å². The Morgan fingerprint density at radius 3 is 2.75 bits per heavy atom. The molecule has 0 unspecified atom stereocenters. The number of pyridine rings is 1. The first-order valence-electron chi connectivity index (χ1n) is 6.39. The minimum atomic E-state index is 0.514. The summed E-state index contributed by atoms with van der Waals surface area (Å²) in [5.74, 6) is 2.16. The highest BCUT2D eigenvalue weighted by atomic mass is 35.5. The second-order valence-corrected chi connectivity index (χ2v) is 4.46. The van der Waals surface area contributed by atoms with Crippen LogP contribution in [0.15, 0.2) is 36.5 Å². The van der Waals surface area contributed by atoms with Crippen molar-refractivity contribution < 1.29 is 9.47 Å². The highest BCUT2D eigenvalue weighted by Gasteiger charge is 2.09. The van der Waals surface area contributed by atoms with Gasteiger partial charge in [0.2, 0.25) is 0 Å². The summed E-state index contributed by atoms with van der Waals surface area (Å²) in [6, 6.07) is 9.29. The van der Waals surface area contributed by atoms with Gasteiger partial charge in [0.25, 0.3) is 0 Å². The third kappa shape index (κ3) is 3.33. The van der Waals surface area contributed by atoms with Gasteiger partial charge in [-0.25, -0.2) is 4.98 Å². The first-order chi connectivity index (χ1) is 9.76. The summed E-state index contributed by atoms with van der Waals surface area (Å²) in [4.78, 5) is 4.28. The molecule has 1 heterocycles. The fraction of sp³-hybridized carbons (Fsp3) is 0.267. The largest absolute Gasteiger partial charge is 0.496 e. The van der Waals surface area contributed by atoms with Gasteiger partial charge < -0.3 is 14.8 Å². The molecule has 0 bridgehead atoms. The third-order valence-electron chi connectivity index (χ3n) is 2.80. The van der Waals surface area contributed by atoms with Crippen LogP contribution in [-0.4, -0.2) is 18.7 Å². The van der Waals surface area contributed by atoms with E-state index in [4.69, 9.17) is 21.1 Å². The molecule has 0 radical (unpaired) electrons. The van der Waals surface area contributed by atoms with Crippen LogP contribution >= 0.6 is 11.6 Å². The summed E-state index contributed by atoms with van der Waals surface area (Å²) in [5.41, 5.74) is 0.893. The van der Waals surface area contributed by atoms with Gasteiger partial charge in [0.05, 0.1) is 13.7 Å². The van der Waals surface area contributed by atoms with Gasteiger partial charge in [-0.1, -0.05) is 17.7 Å². The fourth-order valence-electron chi connectivity index (χ4n) is 1.87. The van der Waals surface area contributed by atoms with Crippen LogP contribution in [0, 0.1) is 0 Å². The number of nitrogens with one attached hydrogen (secondary N) is 1. The number of ether oxygens (including phenoxy) is 2. The molecular formula is C15H17ClN2O2. The average molecular weight is 293 g/mol. The number of rotatable bonds is 6. The van der Waals surface area contributed by atoms with E-state index in [-0.39, 0.29) is 0 Å². The maximum atomic E-state index is 6.20. The van der Waals surface area contributed by atoms with E-state index in [2.05, 4.69) is 10.3 Å². The summed E-state index contributed by atoms with van der Waals surface area (Å²) in [6.07, 6.45) is 1.72. The normalized spacial score (nSPS) is 10.2. The van der Waals surface area contributed by atoms with Gasteiger partial charge in [-0.15, -0.1) is 0 Å². The maximum Gasteiger partial charge on any atom is 0.169 e. The van der Waals surface area contributed by atoms with Crippen LogP contribution in [0.4, 0.5) is 5.82 Å². The zero-order valence-corrected chi connectivity index (χ0v) is 12.3. The lowest BCUT2D eigenvalue weighted by atomic mass is 10.2. The van der Waals surface area contributed by atoms with Crippen molar-refractivity contribution in [3.63, 3.8) is 0 Å². The van der Waals surface area contributed by atoms with Crippen LogP contribution in [0.5, 0.6) is 11.5 Å². The molecule has 1 aromatic carbocycles. The highest BCUT2D eigenvalue weighted by Crippen LogP contribution is 2.28. The lowest BCUT2D eigenvalue weighted by Gasteiger charge is -2.14. The van der Waals surface area contributed by atoms with Crippen LogP contribution < -0.4 is 14.8 Å². The number of aromatic nitrogens is 1. The summed E-state index contributed by atoms with van der Waals surface area (Å²) < 4.78 is 10.8. The van der Waals surface area contributed by atoms with E-state index in [1.165, 1.54) is 0 Å². The summed E-state index contributed by atoms with van der Waals surface area (Å²) in [7, 11) is 1.63. The molecule has 0 atom stereocenters. The fourth-order valence-corrected chi connectivity index (χ4v) is 2.10.